The van der Waals surface area contributed by atoms with Gasteiger partial charge in [-0.3, -0.25) is 14.7 Å². The van der Waals surface area contributed by atoms with Gasteiger partial charge in [0.1, 0.15) is 0 Å². The molecular formula is C11H13N5O2. The summed E-state index contributed by atoms with van der Waals surface area (Å²) < 4.78 is 1.87. The molecule has 0 saturated heterocycles. The molecule has 0 fully saturated rings. The first-order valence-electron chi connectivity index (χ1n) is 5.35. The molecule has 18 heavy (non-hydrogen) atoms. The second-order valence-electron chi connectivity index (χ2n) is 3.80. The molecule has 0 aromatic carbocycles. The largest absolute Gasteiger partial charge is 0.350 e. The summed E-state index contributed by atoms with van der Waals surface area (Å²) in [4.78, 5) is 22.3. The first-order chi connectivity index (χ1) is 8.65. The number of aromatic amines is 2. The van der Waals surface area contributed by atoms with Crippen LogP contribution in [0, 0.1) is 0 Å². The summed E-state index contributed by atoms with van der Waals surface area (Å²) >= 11 is 0. The first-order valence-corrected chi connectivity index (χ1v) is 5.35. The zero-order valence-electron chi connectivity index (χ0n) is 9.80. The molecule has 0 spiro atoms. The average molecular weight is 247 g/mol. The normalized spacial score (nSPS) is 10.9. The highest BCUT2D eigenvalue weighted by Crippen LogP contribution is 1.94. The lowest BCUT2D eigenvalue weighted by atomic mass is 10.3. The molecule has 2 aromatic rings. The SMILES string of the molecule is Cn1cccc1/C=N/NC(=O)Cc1cc(=O)[nH][nH]1. The van der Waals surface area contributed by atoms with Gasteiger partial charge in [-0.1, -0.05) is 0 Å². The average Bonchev–Trinajstić information content (AvgIpc) is 2.89. The molecule has 1 amide bonds. The molecule has 2 aromatic heterocycles. The first kappa shape index (κ1) is 11.9. The van der Waals surface area contributed by atoms with Crippen LogP contribution in [-0.2, 0) is 18.3 Å². The van der Waals surface area contributed by atoms with E-state index in [0.29, 0.717) is 5.69 Å². The molecule has 94 valence electrons. The maximum atomic E-state index is 11.5. The number of aryl methyl sites for hydroxylation is 1. The summed E-state index contributed by atoms with van der Waals surface area (Å²) in [6, 6.07) is 5.09. The van der Waals surface area contributed by atoms with Crippen LogP contribution in [0.5, 0.6) is 0 Å². The number of carbonyl (C=O) groups is 1. The molecule has 7 heteroatoms. The third kappa shape index (κ3) is 2.97. The van der Waals surface area contributed by atoms with Crippen LogP contribution in [0.2, 0.25) is 0 Å². The molecule has 0 aliphatic heterocycles. The number of hydrogen-bond donors (Lipinski definition) is 3. The molecule has 3 N–H and O–H groups in total. The van der Waals surface area contributed by atoms with Crippen LogP contribution in [-0.4, -0.2) is 26.9 Å². The van der Waals surface area contributed by atoms with Crippen molar-refractivity contribution in [3.05, 3.63) is 46.1 Å². The van der Waals surface area contributed by atoms with E-state index < -0.39 is 0 Å². The molecule has 0 aliphatic carbocycles. The monoisotopic (exact) mass is 247 g/mol. The van der Waals surface area contributed by atoms with Crippen molar-refractivity contribution in [2.75, 3.05) is 0 Å². The number of aromatic nitrogens is 3. The van der Waals surface area contributed by atoms with E-state index in [2.05, 4.69) is 20.7 Å². The number of hydrazone groups is 1. The maximum Gasteiger partial charge on any atom is 0.264 e. The van der Waals surface area contributed by atoms with Crippen molar-refractivity contribution in [1.29, 1.82) is 0 Å². The highest BCUT2D eigenvalue weighted by Gasteiger charge is 2.03. The Balaban J connectivity index is 1.87. The third-order valence-electron chi connectivity index (χ3n) is 2.37. The van der Waals surface area contributed by atoms with Crippen molar-refractivity contribution >= 4 is 12.1 Å². The van der Waals surface area contributed by atoms with Gasteiger partial charge in [0.05, 0.1) is 18.3 Å². The lowest BCUT2D eigenvalue weighted by Gasteiger charge is -1.98. The van der Waals surface area contributed by atoms with E-state index in [1.807, 2.05) is 29.9 Å². The van der Waals surface area contributed by atoms with Gasteiger partial charge in [-0.2, -0.15) is 5.10 Å². The van der Waals surface area contributed by atoms with Crippen LogP contribution in [0.3, 0.4) is 0 Å². The summed E-state index contributed by atoms with van der Waals surface area (Å²) in [5.74, 6) is -0.296. The van der Waals surface area contributed by atoms with E-state index in [9.17, 15) is 9.59 Å². The fraction of sp³-hybridized carbons (Fsp3) is 0.182. The minimum atomic E-state index is -0.296. The zero-order chi connectivity index (χ0) is 13.0. The summed E-state index contributed by atoms with van der Waals surface area (Å²) in [5, 5.41) is 8.78. The standard InChI is InChI=1S/C11H13N5O2/c1-16-4-2-3-9(16)7-12-14-10(17)5-8-6-11(18)15-13-8/h2-4,6-7H,5H2,1H3,(H,14,17)(H2,13,15,18)/b12-7+. The highest BCUT2D eigenvalue weighted by atomic mass is 16.2. The van der Waals surface area contributed by atoms with Gasteiger partial charge in [0.15, 0.2) is 0 Å². The number of carbonyl (C=O) groups excluding carboxylic acids is 1. The van der Waals surface area contributed by atoms with Gasteiger partial charge in [-0.25, -0.2) is 5.43 Å². The fourth-order valence-electron chi connectivity index (χ4n) is 1.46. The summed E-state index contributed by atoms with van der Waals surface area (Å²) in [5.41, 5.74) is 3.53. The molecular weight excluding hydrogens is 234 g/mol. The maximum absolute atomic E-state index is 11.5. The minimum Gasteiger partial charge on any atom is -0.350 e. The number of nitrogens with one attached hydrogen (secondary N) is 3. The lowest BCUT2D eigenvalue weighted by molar-refractivity contribution is -0.120. The summed E-state index contributed by atoms with van der Waals surface area (Å²) in [7, 11) is 1.88. The van der Waals surface area contributed by atoms with Crippen LogP contribution in [0.15, 0.2) is 34.3 Å². The minimum absolute atomic E-state index is 0.0726. The Morgan fingerprint density at radius 3 is 3.00 bits per heavy atom. The van der Waals surface area contributed by atoms with Crippen molar-refractivity contribution in [2.24, 2.45) is 12.1 Å². The molecule has 0 unspecified atom stereocenters. The molecule has 2 rings (SSSR count). The third-order valence-corrected chi connectivity index (χ3v) is 2.37. The molecule has 0 bridgehead atoms. The second-order valence-corrected chi connectivity index (χ2v) is 3.80. The van der Waals surface area contributed by atoms with Gasteiger partial charge in [0, 0.05) is 25.0 Å². The number of nitrogens with zero attached hydrogens (tertiary/aromatic N) is 2. The zero-order valence-corrected chi connectivity index (χ0v) is 9.80. The van der Waals surface area contributed by atoms with E-state index in [4.69, 9.17) is 0 Å². The van der Waals surface area contributed by atoms with Crippen LogP contribution in [0.25, 0.3) is 0 Å². The molecule has 7 nitrogen and oxygen atoms in total. The second kappa shape index (κ2) is 5.17. The van der Waals surface area contributed by atoms with Crippen molar-refractivity contribution in [2.45, 2.75) is 6.42 Å². The molecule has 0 atom stereocenters. The Labute approximate surface area is 103 Å². The number of H-pyrrole nitrogens is 2. The van der Waals surface area contributed by atoms with E-state index >= 15 is 0 Å². The van der Waals surface area contributed by atoms with E-state index in [-0.39, 0.29) is 17.9 Å². The van der Waals surface area contributed by atoms with E-state index in [1.165, 1.54) is 6.07 Å². The molecule has 0 saturated carbocycles. The van der Waals surface area contributed by atoms with E-state index in [0.717, 1.165) is 5.69 Å². The Morgan fingerprint density at radius 2 is 2.39 bits per heavy atom. The van der Waals surface area contributed by atoms with Gasteiger partial charge in [0.2, 0.25) is 5.91 Å². The van der Waals surface area contributed by atoms with Gasteiger partial charge < -0.3 is 9.67 Å². The number of rotatable bonds is 4. The number of amides is 1. The van der Waals surface area contributed by atoms with E-state index in [1.54, 1.807) is 6.21 Å². The van der Waals surface area contributed by atoms with Crippen LogP contribution < -0.4 is 11.0 Å². The molecule has 0 aliphatic rings. The predicted octanol–water partition coefficient (Wildman–Crippen LogP) is -0.266. The highest BCUT2D eigenvalue weighted by molar-refractivity contribution is 5.82. The fourth-order valence-corrected chi connectivity index (χ4v) is 1.46. The number of hydrogen-bond acceptors (Lipinski definition) is 3. The Bertz CT molecular complexity index is 619. The van der Waals surface area contributed by atoms with Crippen molar-refractivity contribution in [3.63, 3.8) is 0 Å². The molecule has 2 heterocycles. The smallest absolute Gasteiger partial charge is 0.264 e. The van der Waals surface area contributed by atoms with Gasteiger partial charge >= 0.3 is 0 Å². The Morgan fingerprint density at radius 1 is 1.56 bits per heavy atom. The van der Waals surface area contributed by atoms with Crippen molar-refractivity contribution in [3.8, 4) is 0 Å². The Hall–Kier alpha value is -2.57. The van der Waals surface area contributed by atoms with Gasteiger partial charge in [-0.05, 0) is 12.1 Å². The van der Waals surface area contributed by atoms with Gasteiger partial charge in [0.25, 0.3) is 5.56 Å². The summed E-state index contributed by atoms with van der Waals surface area (Å²) in [6.07, 6.45) is 3.51. The topological polar surface area (TPSA) is 95.0 Å². The predicted molar refractivity (Wildman–Crippen MR) is 66.3 cm³/mol. The van der Waals surface area contributed by atoms with Crippen molar-refractivity contribution < 1.29 is 4.79 Å². The Kier molecular flexibility index (Phi) is 3.42. The van der Waals surface area contributed by atoms with Crippen LogP contribution in [0.4, 0.5) is 0 Å². The lowest BCUT2D eigenvalue weighted by Crippen LogP contribution is -2.20. The summed E-state index contributed by atoms with van der Waals surface area (Å²) in [6.45, 7) is 0. The van der Waals surface area contributed by atoms with Crippen LogP contribution >= 0.6 is 0 Å². The van der Waals surface area contributed by atoms with Gasteiger partial charge in [-0.15, -0.1) is 0 Å². The van der Waals surface area contributed by atoms with Crippen molar-refractivity contribution in [1.82, 2.24) is 20.2 Å². The quantitative estimate of drug-likeness (QED) is 0.512. The molecule has 0 radical (unpaired) electrons. The van der Waals surface area contributed by atoms with Crippen LogP contribution in [0.1, 0.15) is 11.4 Å².